The highest BCUT2D eigenvalue weighted by Gasteiger charge is 2.29. The Balaban J connectivity index is 1.92. The minimum Gasteiger partial charge on any atom is -0.398 e. The van der Waals surface area contributed by atoms with Crippen molar-refractivity contribution in [3.63, 3.8) is 0 Å². The van der Waals surface area contributed by atoms with E-state index in [0.29, 0.717) is 11.6 Å². The van der Waals surface area contributed by atoms with Gasteiger partial charge in [-0.05, 0) is 63.2 Å². The number of benzene rings is 1. The normalized spacial score (nSPS) is 16.5. The van der Waals surface area contributed by atoms with Crippen LogP contribution in [0.2, 0.25) is 0 Å². The lowest BCUT2D eigenvalue weighted by molar-refractivity contribution is 0.402. The highest BCUT2D eigenvalue weighted by atomic mass is 79.9. The van der Waals surface area contributed by atoms with Crippen LogP contribution in [0.1, 0.15) is 19.8 Å². The highest BCUT2D eigenvalue weighted by molar-refractivity contribution is 9.10. The van der Waals surface area contributed by atoms with E-state index in [9.17, 15) is 0 Å². The second-order valence-corrected chi connectivity index (χ2v) is 6.00. The lowest BCUT2D eigenvalue weighted by Gasteiger charge is -2.12. The maximum Gasteiger partial charge on any atom is 0.183 e. The van der Waals surface area contributed by atoms with Crippen molar-refractivity contribution < 1.29 is 0 Å². The zero-order valence-corrected chi connectivity index (χ0v) is 12.3. The van der Waals surface area contributed by atoms with Crippen molar-refractivity contribution in [2.75, 3.05) is 5.73 Å². The summed E-state index contributed by atoms with van der Waals surface area (Å²) < 4.78 is 2.73. The number of nitrogens with zero attached hydrogens (tertiary/aromatic N) is 4. The van der Waals surface area contributed by atoms with E-state index < -0.39 is 0 Å². The molecule has 0 amide bonds. The Kier molecular flexibility index (Phi) is 3.26. The molecule has 1 aromatic carbocycles. The molecule has 1 heterocycles. The van der Waals surface area contributed by atoms with Gasteiger partial charge in [-0.1, -0.05) is 13.0 Å². The van der Waals surface area contributed by atoms with Crippen LogP contribution in [0.5, 0.6) is 0 Å². The summed E-state index contributed by atoms with van der Waals surface area (Å²) in [5.41, 5.74) is 7.55. The van der Waals surface area contributed by atoms with Gasteiger partial charge in [-0.25, -0.2) is 4.68 Å². The Morgan fingerprint density at radius 2 is 2.26 bits per heavy atom. The predicted octanol–water partition coefficient (Wildman–Crippen LogP) is 2.73. The molecule has 19 heavy (non-hydrogen) atoms. The topological polar surface area (TPSA) is 69.6 Å². The average Bonchev–Trinajstić information content (AvgIpc) is 3.15. The predicted molar refractivity (Wildman–Crippen MR) is 77.3 cm³/mol. The molecule has 0 saturated heterocycles. The quantitative estimate of drug-likeness (QED) is 0.879. The standard InChI is InChI=1S/C13H16BrN5/c1-8(9-5-6-9)7-19-13(16-17-18-19)10-3-2-4-11(15)12(10)14/h2-4,8-9H,5-7,15H2,1H3. The molecule has 0 radical (unpaired) electrons. The number of aromatic nitrogens is 4. The van der Waals surface area contributed by atoms with Crippen LogP contribution in [0.15, 0.2) is 22.7 Å². The summed E-state index contributed by atoms with van der Waals surface area (Å²) in [5, 5.41) is 12.0. The number of anilines is 1. The fraction of sp³-hybridized carbons (Fsp3) is 0.462. The van der Waals surface area contributed by atoms with E-state index in [0.717, 1.165) is 28.3 Å². The molecule has 0 bridgehead atoms. The molecule has 6 heteroatoms. The van der Waals surface area contributed by atoms with Crippen molar-refractivity contribution in [1.29, 1.82) is 0 Å². The molecule has 3 rings (SSSR count). The summed E-state index contributed by atoms with van der Waals surface area (Å²) in [7, 11) is 0. The number of nitrogens with two attached hydrogens (primary N) is 1. The first kappa shape index (κ1) is 12.6. The number of nitrogen functional groups attached to an aromatic ring is 1. The zero-order chi connectivity index (χ0) is 13.4. The van der Waals surface area contributed by atoms with Crippen LogP contribution in [0.3, 0.4) is 0 Å². The second-order valence-electron chi connectivity index (χ2n) is 5.21. The van der Waals surface area contributed by atoms with E-state index in [-0.39, 0.29) is 0 Å². The summed E-state index contributed by atoms with van der Waals surface area (Å²) in [5.74, 6) is 2.22. The van der Waals surface area contributed by atoms with Gasteiger partial charge in [-0.2, -0.15) is 0 Å². The average molecular weight is 322 g/mol. The van der Waals surface area contributed by atoms with Gasteiger partial charge in [0.25, 0.3) is 0 Å². The van der Waals surface area contributed by atoms with Crippen molar-refractivity contribution in [1.82, 2.24) is 20.2 Å². The molecule has 1 aliphatic carbocycles. The molecule has 1 saturated carbocycles. The molecule has 2 N–H and O–H groups in total. The molecule has 5 nitrogen and oxygen atoms in total. The zero-order valence-electron chi connectivity index (χ0n) is 10.8. The summed E-state index contributed by atoms with van der Waals surface area (Å²) in [6.45, 7) is 3.12. The van der Waals surface area contributed by atoms with E-state index in [4.69, 9.17) is 5.73 Å². The van der Waals surface area contributed by atoms with Crippen LogP contribution in [-0.4, -0.2) is 20.2 Å². The van der Waals surface area contributed by atoms with Gasteiger partial charge >= 0.3 is 0 Å². The second kappa shape index (κ2) is 4.92. The highest BCUT2D eigenvalue weighted by Crippen LogP contribution is 2.38. The fourth-order valence-corrected chi connectivity index (χ4v) is 2.77. The van der Waals surface area contributed by atoms with E-state index in [2.05, 4.69) is 38.4 Å². The van der Waals surface area contributed by atoms with Gasteiger partial charge in [-0.15, -0.1) is 5.10 Å². The van der Waals surface area contributed by atoms with Gasteiger partial charge in [0.2, 0.25) is 0 Å². The van der Waals surface area contributed by atoms with Crippen LogP contribution >= 0.6 is 15.9 Å². The first-order chi connectivity index (χ1) is 9.16. The minimum absolute atomic E-state index is 0.613. The molecule has 1 aromatic heterocycles. The number of hydrogen-bond donors (Lipinski definition) is 1. The summed E-state index contributed by atoms with van der Waals surface area (Å²) >= 11 is 3.51. The van der Waals surface area contributed by atoms with Crippen molar-refractivity contribution in [3.8, 4) is 11.4 Å². The molecule has 2 aromatic rings. The summed E-state index contributed by atoms with van der Waals surface area (Å²) in [4.78, 5) is 0. The Bertz CT molecular complexity index is 590. The van der Waals surface area contributed by atoms with E-state index in [1.807, 2.05) is 22.9 Å². The largest absolute Gasteiger partial charge is 0.398 e. The van der Waals surface area contributed by atoms with Gasteiger partial charge in [0, 0.05) is 17.8 Å². The molecular weight excluding hydrogens is 306 g/mol. The molecule has 100 valence electrons. The van der Waals surface area contributed by atoms with Gasteiger partial charge in [0.1, 0.15) is 0 Å². The van der Waals surface area contributed by atoms with Crippen LogP contribution in [-0.2, 0) is 6.54 Å². The number of tetrazole rings is 1. The summed E-state index contributed by atoms with van der Waals surface area (Å²) in [6, 6.07) is 5.75. The molecule has 1 unspecified atom stereocenters. The lowest BCUT2D eigenvalue weighted by Crippen LogP contribution is -2.12. The first-order valence-electron chi connectivity index (χ1n) is 6.47. The van der Waals surface area contributed by atoms with Crippen molar-refractivity contribution in [2.45, 2.75) is 26.3 Å². The van der Waals surface area contributed by atoms with Crippen molar-refractivity contribution in [3.05, 3.63) is 22.7 Å². The smallest absolute Gasteiger partial charge is 0.183 e. The van der Waals surface area contributed by atoms with Crippen LogP contribution in [0.4, 0.5) is 5.69 Å². The van der Waals surface area contributed by atoms with E-state index >= 15 is 0 Å². The van der Waals surface area contributed by atoms with Crippen LogP contribution < -0.4 is 5.73 Å². The molecular formula is C13H16BrN5. The van der Waals surface area contributed by atoms with Gasteiger partial charge < -0.3 is 5.73 Å². The van der Waals surface area contributed by atoms with E-state index in [1.165, 1.54) is 12.8 Å². The maximum atomic E-state index is 5.91. The fourth-order valence-electron chi connectivity index (χ4n) is 2.33. The number of hydrogen-bond acceptors (Lipinski definition) is 4. The molecule has 0 aliphatic heterocycles. The number of rotatable bonds is 4. The van der Waals surface area contributed by atoms with Crippen molar-refractivity contribution in [2.24, 2.45) is 11.8 Å². The molecule has 1 atom stereocenters. The molecule has 1 fully saturated rings. The third kappa shape index (κ3) is 2.49. The Hall–Kier alpha value is -1.43. The monoisotopic (exact) mass is 321 g/mol. The van der Waals surface area contributed by atoms with Gasteiger partial charge in [0.05, 0.1) is 4.47 Å². The first-order valence-corrected chi connectivity index (χ1v) is 7.26. The maximum absolute atomic E-state index is 5.91. The SMILES string of the molecule is CC(Cn1nnnc1-c1cccc(N)c1Br)C1CC1. The Morgan fingerprint density at radius 1 is 1.47 bits per heavy atom. The Labute approximate surface area is 120 Å². The molecule has 0 spiro atoms. The van der Waals surface area contributed by atoms with Crippen LogP contribution in [0.25, 0.3) is 11.4 Å². The van der Waals surface area contributed by atoms with Crippen molar-refractivity contribution >= 4 is 21.6 Å². The lowest BCUT2D eigenvalue weighted by atomic mass is 10.1. The van der Waals surface area contributed by atoms with Gasteiger partial charge in [-0.3, -0.25) is 0 Å². The summed E-state index contributed by atoms with van der Waals surface area (Å²) in [6.07, 6.45) is 2.67. The van der Waals surface area contributed by atoms with Crippen LogP contribution in [0, 0.1) is 11.8 Å². The van der Waals surface area contributed by atoms with Gasteiger partial charge in [0.15, 0.2) is 5.82 Å². The number of halogens is 1. The third-order valence-corrected chi connectivity index (χ3v) is 4.57. The Morgan fingerprint density at radius 3 is 3.00 bits per heavy atom. The van der Waals surface area contributed by atoms with E-state index in [1.54, 1.807) is 0 Å². The third-order valence-electron chi connectivity index (χ3n) is 3.69. The molecule has 1 aliphatic rings. The minimum atomic E-state index is 0.613.